The minimum Gasteiger partial charge on any atom is -0.493 e. The highest BCUT2D eigenvalue weighted by atomic mass is 32.2. The first-order valence-electron chi connectivity index (χ1n) is 10.1. The van der Waals surface area contributed by atoms with Gasteiger partial charge in [-0.3, -0.25) is 14.9 Å². The van der Waals surface area contributed by atoms with Crippen LogP contribution in [0.2, 0.25) is 0 Å². The standard InChI is InChI=1S/C23H22N4O7S/c1-33-21-14-8-9-17(23(21)34-2)15-24-25-22(28)16-26(19-12-6-7-13-20(19)27(29)30)35(31,32)18-10-4-3-5-11-18/h3-15H,16H2,1-2H3,(H,25,28)/b24-15-. The molecule has 11 nitrogen and oxygen atoms in total. The third-order valence-electron chi connectivity index (χ3n) is 4.79. The quantitative estimate of drug-likeness (QED) is 0.257. The number of anilines is 1. The molecular formula is C23H22N4O7S. The van der Waals surface area contributed by atoms with Gasteiger partial charge in [-0.2, -0.15) is 5.10 Å². The number of hydrogen-bond donors (Lipinski definition) is 1. The fourth-order valence-electron chi connectivity index (χ4n) is 3.20. The molecule has 0 aliphatic rings. The fourth-order valence-corrected chi connectivity index (χ4v) is 4.66. The minimum absolute atomic E-state index is 0.129. The number of nitro groups is 1. The van der Waals surface area contributed by atoms with Gasteiger partial charge in [0.2, 0.25) is 0 Å². The topological polar surface area (TPSA) is 140 Å². The number of nitrogens with zero attached hydrogens (tertiary/aromatic N) is 3. The van der Waals surface area contributed by atoms with E-state index in [0.717, 1.165) is 6.07 Å². The predicted octanol–water partition coefficient (Wildman–Crippen LogP) is 2.96. The lowest BCUT2D eigenvalue weighted by atomic mass is 10.2. The zero-order valence-electron chi connectivity index (χ0n) is 18.8. The summed E-state index contributed by atoms with van der Waals surface area (Å²) in [4.78, 5) is 23.4. The van der Waals surface area contributed by atoms with Crippen LogP contribution in [0.15, 0.2) is 82.8 Å². The van der Waals surface area contributed by atoms with E-state index in [4.69, 9.17) is 9.47 Å². The van der Waals surface area contributed by atoms with Gasteiger partial charge in [0, 0.05) is 11.6 Å². The Kier molecular flexibility index (Phi) is 8.00. The molecule has 0 aliphatic carbocycles. The summed E-state index contributed by atoms with van der Waals surface area (Å²) < 4.78 is 37.9. The van der Waals surface area contributed by atoms with Crippen molar-refractivity contribution in [3.8, 4) is 11.5 Å². The number of hydrazone groups is 1. The van der Waals surface area contributed by atoms with Crippen molar-refractivity contribution in [1.29, 1.82) is 0 Å². The maximum atomic E-state index is 13.3. The first-order valence-corrected chi connectivity index (χ1v) is 11.6. The summed E-state index contributed by atoms with van der Waals surface area (Å²) in [5, 5.41) is 15.4. The van der Waals surface area contributed by atoms with E-state index in [2.05, 4.69) is 10.5 Å². The summed E-state index contributed by atoms with van der Waals surface area (Å²) in [6.07, 6.45) is 1.31. The van der Waals surface area contributed by atoms with E-state index in [1.807, 2.05) is 0 Å². The van der Waals surface area contributed by atoms with Gasteiger partial charge in [-0.15, -0.1) is 0 Å². The molecule has 1 amide bonds. The smallest absolute Gasteiger partial charge is 0.293 e. The molecule has 3 aromatic rings. The van der Waals surface area contributed by atoms with Crippen LogP contribution >= 0.6 is 0 Å². The summed E-state index contributed by atoms with van der Waals surface area (Å²) in [7, 11) is -1.39. The van der Waals surface area contributed by atoms with E-state index in [1.54, 1.807) is 24.3 Å². The summed E-state index contributed by atoms with van der Waals surface area (Å²) >= 11 is 0. The molecule has 3 rings (SSSR count). The Morgan fingerprint density at radius 2 is 1.71 bits per heavy atom. The van der Waals surface area contributed by atoms with Crippen molar-refractivity contribution in [2.45, 2.75) is 4.90 Å². The maximum Gasteiger partial charge on any atom is 0.293 e. The summed E-state index contributed by atoms with van der Waals surface area (Å²) in [6, 6.07) is 17.7. The van der Waals surface area contributed by atoms with Gasteiger partial charge in [0.05, 0.1) is 30.3 Å². The number of benzene rings is 3. The number of amides is 1. The van der Waals surface area contributed by atoms with Crippen molar-refractivity contribution >= 4 is 33.5 Å². The number of hydrogen-bond acceptors (Lipinski definition) is 8. The Labute approximate surface area is 201 Å². The Balaban J connectivity index is 1.91. The van der Waals surface area contributed by atoms with Crippen LogP contribution in [-0.2, 0) is 14.8 Å². The number of nitrogens with one attached hydrogen (secondary N) is 1. The second-order valence-electron chi connectivity index (χ2n) is 6.95. The molecule has 0 heterocycles. The molecular weight excluding hydrogens is 476 g/mol. The number of nitro benzene ring substituents is 1. The van der Waals surface area contributed by atoms with Crippen LogP contribution in [0, 0.1) is 10.1 Å². The molecule has 0 aliphatic heterocycles. The summed E-state index contributed by atoms with van der Waals surface area (Å²) in [6.45, 7) is -0.755. The van der Waals surface area contributed by atoms with Gasteiger partial charge in [0.15, 0.2) is 11.5 Å². The Bertz CT molecular complexity index is 1340. The van der Waals surface area contributed by atoms with Crippen LogP contribution in [0.5, 0.6) is 11.5 Å². The SMILES string of the molecule is COc1cccc(/C=N\NC(=O)CN(c2ccccc2[N+](=O)[O-])S(=O)(=O)c2ccccc2)c1OC. The third kappa shape index (κ3) is 5.73. The van der Waals surface area contributed by atoms with Crippen molar-refractivity contribution in [3.63, 3.8) is 0 Å². The molecule has 0 radical (unpaired) electrons. The average molecular weight is 499 g/mol. The monoisotopic (exact) mass is 498 g/mol. The Morgan fingerprint density at radius 3 is 2.37 bits per heavy atom. The van der Waals surface area contributed by atoms with E-state index < -0.39 is 33.1 Å². The largest absolute Gasteiger partial charge is 0.493 e. The highest BCUT2D eigenvalue weighted by Gasteiger charge is 2.31. The second-order valence-corrected chi connectivity index (χ2v) is 8.81. The number of carbonyl (C=O) groups excluding carboxylic acids is 1. The molecule has 35 heavy (non-hydrogen) atoms. The molecule has 12 heteroatoms. The maximum absolute atomic E-state index is 13.3. The van der Waals surface area contributed by atoms with Crippen LogP contribution in [0.25, 0.3) is 0 Å². The number of carbonyl (C=O) groups is 1. The summed E-state index contributed by atoms with van der Waals surface area (Å²) in [5.74, 6) is 0.0289. The van der Waals surface area contributed by atoms with Gasteiger partial charge in [-0.1, -0.05) is 36.4 Å². The van der Waals surface area contributed by atoms with Crippen LogP contribution in [0.4, 0.5) is 11.4 Å². The number of para-hydroxylation sites is 3. The van der Waals surface area contributed by atoms with Crippen LogP contribution < -0.4 is 19.2 Å². The van der Waals surface area contributed by atoms with Crippen molar-refractivity contribution in [1.82, 2.24) is 5.43 Å². The highest BCUT2D eigenvalue weighted by molar-refractivity contribution is 7.92. The van der Waals surface area contributed by atoms with Crippen LogP contribution in [0.1, 0.15) is 5.56 Å². The van der Waals surface area contributed by atoms with Crippen LogP contribution in [0.3, 0.4) is 0 Å². The number of rotatable bonds is 10. The molecule has 0 atom stereocenters. The van der Waals surface area contributed by atoms with Gasteiger partial charge in [-0.25, -0.2) is 18.1 Å². The minimum atomic E-state index is -4.32. The van der Waals surface area contributed by atoms with E-state index in [9.17, 15) is 23.3 Å². The zero-order valence-corrected chi connectivity index (χ0v) is 19.6. The van der Waals surface area contributed by atoms with Crippen molar-refractivity contribution in [2.24, 2.45) is 5.10 Å². The molecule has 182 valence electrons. The van der Waals surface area contributed by atoms with E-state index >= 15 is 0 Å². The lowest BCUT2D eigenvalue weighted by Crippen LogP contribution is -2.39. The molecule has 0 saturated heterocycles. The van der Waals surface area contributed by atoms with Gasteiger partial charge in [0.1, 0.15) is 12.2 Å². The van der Waals surface area contributed by atoms with Crippen molar-refractivity contribution in [2.75, 3.05) is 25.1 Å². The zero-order chi connectivity index (χ0) is 25.4. The normalized spacial score (nSPS) is 11.1. The van der Waals surface area contributed by atoms with E-state index in [-0.39, 0.29) is 10.6 Å². The molecule has 0 saturated carbocycles. The average Bonchev–Trinajstić information content (AvgIpc) is 2.87. The van der Waals surface area contributed by atoms with Crippen molar-refractivity contribution in [3.05, 3.63) is 88.5 Å². The molecule has 0 aromatic heterocycles. The molecule has 1 N–H and O–H groups in total. The highest BCUT2D eigenvalue weighted by Crippen LogP contribution is 2.32. The predicted molar refractivity (Wildman–Crippen MR) is 129 cm³/mol. The summed E-state index contributed by atoms with van der Waals surface area (Å²) in [5.41, 5.74) is 2.03. The van der Waals surface area contributed by atoms with Crippen LogP contribution in [-0.4, -0.2) is 46.2 Å². The Hall–Kier alpha value is -4.45. The van der Waals surface area contributed by atoms with Gasteiger partial charge >= 0.3 is 0 Å². The third-order valence-corrected chi connectivity index (χ3v) is 6.57. The Morgan fingerprint density at radius 1 is 1.03 bits per heavy atom. The molecule has 0 unspecified atom stereocenters. The second kappa shape index (κ2) is 11.1. The lowest BCUT2D eigenvalue weighted by Gasteiger charge is -2.23. The first-order chi connectivity index (χ1) is 16.8. The lowest BCUT2D eigenvalue weighted by molar-refractivity contribution is -0.384. The number of ether oxygens (including phenoxy) is 2. The van der Waals surface area contributed by atoms with Gasteiger partial charge in [0.25, 0.3) is 21.6 Å². The molecule has 0 bridgehead atoms. The molecule has 0 fully saturated rings. The number of methoxy groups -OCH3 is 2. The van der Waals surface area contributed by atoms with Gasteiger partial charge < -0.3 is 9.47 Å². The number of sulfonamides is 1. The van der Waals surface area contributed by atoms with E-state index in [0.29, 0.717) is 21.4 Å². The first kappa shape index (κ1) is 25.2. The van der Waals surface area contributed by atoms with Gasteiger partial charge in [-0.05, 0) is 30.3 Å². The molecule has 3 aromatic carbocycles. The van der Waals surface area contributed by atoms with Crippen molar-refractivity contribution < 1.29 is 27.6 Å². The fraction of sp³-hybridized carbons (Fsp3) is 0.130. The molecule has 0 spiro atoms. The van der Waals surface area contributed by atoms with E-state index in [1.165, 1.54) is 62.9 Å².